The highest BCUT2D eigenvalue weighted by atomic mass is 35.5. The van der Waals surface area contributed by atoms with E-state index in [0.717, 1.165) is 11.4 Å². The number of hydrogen-bond donors (Lipinski definition) is 2. The molecule has 34 heavy (non-hydrogen) atoms. The lowest BCUT2D eigenvalue weighted by Crippen LogP contribution is -2.54. The third kappa shape index (κ3) is 4.40. The van der Waals surface area contributed by atoms with Gasteiger partial charge in [0.15, 0.2) is 5.11 Å². The fourth-order valence-electron chi connectivity index (χ4n) is 3.78. The molecule has 1 aromatic heterocycles. The van der Waals surface area contributed by atoms with Crippen LogP contribution in [0.4, 0.5) is 5.69 Å². The van der Waals surface area contributed by atoms with Crippen LogP contribution in [-0.2, 0) is 19.6 Å². The normalized spacial score (nSPS) is 15.7. The second-order valence-electron chi connectivity index (χ2n) is 7.64. The molecule has 8 nitrogen and oxygen atoms in total. The van der Waals surface area contributed by atoms with E-state index in [1.165, 1.54) is 23.1 Å². The highest BCUT2D eigenvalue weighted by Crippen LogP contribution is 2.27. The molecule has 2 heterocycles. The number of carbonyl (C=O) groups excluding carboxylic acids is 2. The maximum Gasteiger partial charge on any atom is 0.270 e. The Kier molecular flexibility index (Phi) is 6.17. The summed E-state index contributed by atoms with van der Waals surface area (Å²) >= 11 is 11.3. The SMILES string of the molecule is Cc1cc(/C=C2/C(=O)NC(=S)N(c3cccc(Cl)c3)C2=O)c(C)n1-c1ccc(S(N)(=O)=O)cc1. The summed E-state index contributed by atoms with van der Waals surface area (Å²) in [5, 5.41) is 8.12. The topological polar surface area (TPSA) is 114 Å². The molecule has 0 aliphatic carbocycles. The van der Waals surface area contributed by atoms with Crippen LogP contribution in [0.2, 0.25) is 5.02 Å². The average molecular weight is 515 g/mol. The number of hydrogen-bond acceptors (Lipinski definition) is 5. The standard InChI is InChI=1S/C23H19ClN4O4S2/c1-13-10-15(14(2)27(13)17-6-8-19(9-7-17)34(25,31)32)11-20-21(29)26-23(33)28(22(20)30)18-5-3-4-16(24)12-18/h3-12H,1-2H3,(H2,25,31,32)(H,26,29,33)/b20-11-. The van der Waals surface area contributed by atoms with Crippen molar-refractivity contribution in [2.75, 3.05) is 4.90 Å². The minimum Gasteiger partial charge on any atom is -0.318 e. The number of amides is 2. The van der Waals surface area contributed by atoms with Gasteiger partial charge in [0.1, 0.15) is 5.57 Å². The van der Waals surface area contributed by atoms with Crippen LogP contribution in [0.15, 0.2) is 65.1 Å². The van der Waals surface area contributed by atoms with Gasteiger partial charge >= 0.3 is 0 Å². The van der Waals surface area contributed by atoms with Crippen LogP contribution >= 0.6 is 23.8 Å². The van der Waals surface area contributed by atoms with Gasteiger partial charge in [-0.2, -0.15) is 0 Å². The molecule has 1 aliphatic rings. The van der Waals surface area contributed by atoms with Gasteiger partial charge < -0.3 is 4.57 Å². The van der Waals surface area contributed by atoms with Crippen molar-refractivity contribution in [1.82, 2.24) is 9.88 Å². The molecular weight excluding hydrogens is 496 g/mol. The van der Waals surface area contributed by atoms with Gasteiger partial charge in [0, 0.05) is 22.1 Å². The fourth-order valence-corrected chi connectivity index (χ4v) is 4.76. The van der Waals surface area contributed by atoms with Crippen molar-refractivity contribution >= 4 is 62.5 Å². The lowest BCUT2D eigenvalue weighted by molar-refractivity contribution is -0.122. The van der Waals surface area contributed by atoms with Gasteiger partial charge in [-0.25, -0.2) is 13.6 Å². The van der Waals surface area contributed by atoms with E-state index >= 15 is 0 Å². The summed E-state index contributed by atoms with van der Waals surface area (Å²) in [5.41, 5.74) is 3.26. The Hall–Kier alpha value is -3.31. The first-order chi connectivity index (χ1) is 16.0. The van der Waals surface area contributed by atoms with Gasteiger partial charge in [-0.1, -0.05) is 17.7 Å². The number of carbonyl (C=O) groups is 2. The third-order valence-electron chi connectivity index (χ3n) is 5.36. The number of nitrogens with one attached hydrogen (secondary N) is 1. The molecule has 0 radical (unpaired) electrons. The zero-order chi connectivity index (χ0) is 24.8. The highest BCUT2D eigenvalue weighted by molar-refractivity contribution is 7.89. The molecule has 3 aromatic rings. The predicted octanol–water partition coefficient (Wildman–Crippen LogP) is 3.23. The van der Waals surface area contributed by atoms with E-state index in [-0.39, 0.29) is 15.6 Å². The van der Waals surface area contributed by atoms with Crippen molar-refractivity contribution in [3.63, 3.8) is 0 Å². The molecule has 0 saturated carbocycles. The third-order valence-corrected chi connectivity index (χ3v) is 6.81. The number of rotatable bonds is 4. The van der Waals surface area contributed by atoms with Gasteiger partial charge in [0.05, 0.1) is 10.6 Å². The van der Waals surface area contributed by atoms with Crippen LogP contribution < -0.4 is 15.4 Å². The van der Waals surface area contributed by atoms with Crippen molar-refractivity contribution in [2.45, 2.75) is 18.7 Å². The molecule has 0 unspecified atom stereocenters. The summed E-state index contributed by atoms with van der Waals surface area (Å²) in [6.07, 6.45) is 1.51. The van der Waals surface area contributed by atoms with Crippen LogP contribution in [0.25, 0.3) is 11.8 Å². The molecule has 1 aliphatic heterocycles. The molecular formula is C23H19ClN4O4S2. The van der Waals surface area contributed by atoms with E-state index in [9.17, 15) is 18.0 Å². The Labute approximate surface area is 206 Å². The van der Waals surface area contributed by atoms with Crippen LogP contribution in [0.5, 0.6) is 0 Å². The zero-order valence-corrected chi connectivity index (χ0v) is 20.5. The molecule has 0 spiro atoms. The number of nitrogens with zero attached hydrogens (tertiary/aromatic N) is 2. The van der Waals surface area contributed by atoms with E-state index in [2.05, 4.69) is 5.32 Å². The van der Waals surface area contributed by atoms with Gasteiger partial charge in [-0.15, -0.1) is 0 Å². The van der Waals surface area contributed by atoms with Gasteiger partial charge in [-0.3, -0.25) is 19.8 Å². The van der Waals surface area contributed by atoms with E-state index in [0.29, 0.717) is 22.0 Å². The first-order valence-corrected chi connectivity index (χ1v) is 12.3. The van der Waals surface area contributed by atoms with Crippen molar-refractivity contribution in [2.24, 2.45) is 5.14 Å². The van der Waals surface area contributed by atoms with E-state index in [1.54, 1.807) is 36.4 Å². The number of thiocarbonyl (C=S) groups is 1. The number of primary sulfonamides is 1. The number of benzene rings is 2. The van der Waals surface area contributed by atoms with Crippen LogP contribution in [0, 0.1) is 13.8 Å². The summed E-state index contributed by atoms with van der Waals surface area (Å²) in [4.78, 5) is 27.1. The van der Waals surface area contributed by atoms with E-state index in [1.807, 2.05) is 24.5 Å². The van der Waals surface area contributed by atoms with Crippen molar-refractivity contribution < 1.29 is 18.0 Å². The van der Waals surface area contributed by atoms with Crippen LogP contribution in [0.1, 0.15) is 17.0 Å². The van der Waals surface area contributed by atoms with Crippen molar-refractivity contribution in [3.05, 3.63) is 82.1 Å². The Morgan fingerprint density at radius 2 is 1.71 bits per heavy atom. The predicted molar refractivity (Wildman–Crippen MR) is 134 cm³/mol. The first kappa shape index (κ1) is 23.8. The summed E-state index contributed by atoms with van der Waals surface area (Å²) in [5.74, 6) is -1.17. The molecule has 11 heteroatoms. The summed E-state index contributed by atoms with van der Waals surface area (Å²) in [6, 6.07) is 14.5. The molecule has 0 bridgehead atoms. The number of halogens is 1. The van der Waals surface area contributed by atoms with Crippen LogP contribution in [-0.4, -0.2) is 29.9 Å². The first-order valence-electron chi connectivity index (χ1n) is 9.96. The highest BCUT2D eigenvalue weighted by Gasteiger charge is 2.34. The molecule has 174 valence electrons. The second-order valence-corrected chi connectivity index (χ2v) is 10.0. The second kappa shape index (κ2) is 8.80. The molecule has 2 amide bonds. The fraction of sp³-hybridized carbons (Fsp3) is 0.0870. The van der Waals surface area contributed by atoms with Crippen molar-refractivity contribution in [3.8, 4) is 5.69 Å². The zero-order valence-electron chi connectivity index (χ0n) is 18.1. The maximum atomic E-state index is 13.3. The molecule has 1 fully saturated rings. The Morgan fingerprint density at radius 1 is 1.03 bits per heavy atom. The monoisotopic (exact) mass is 514 g/mol. The van der Waals surface area contributed by atoms with Gasteiger partial charge in [0.25, 0.3) is 11.8 Å². The van der Waals surface area contributed by atoms with Gasteiger partial charge in [-0.05, 0) is 86.2 Å². The number of sulfonamides is 1. The smallest absolute Gasteiger partial charge is 0.270 e. The summed E-state index contributed by atoms with van der Waals surface area (Å²) in [7, 11) is -3.81. The lowest BCUT2D eigenvalue weighted by atomic mass is 10.1. The molecule has 0 atom stereocenters. The van der Waals surface area contributed by atoms with Crippen LogP contribution in [0.3, 0.4) is 0 Å². The lowest BCUT2D eigenvalue weighted by Gasteiger charge is -2.29. The number of nitrogens with two attached hydrogens (primary N) is 1. The van der Waals surface area contributed by atoms with Crippen molar-refractivity contribution in [1.29, 1.82) is 0 Å². The van der Waals surface area contributed by atoms with E-state index < -0.39 is 21.8 Å². The number of aryl methyl sites for hydroxylation is 1. The van der Waals surface area contributed by atoms with E-state index in [4.69, 9.17) is 29.0 Å². The minimum absolute atomic E-state index is 0.00241. The summed E-state index contributed by atoms with van der Waals surface area (Å²) < 4.78 is 25.0. The number of anilines is 1. The molecule has 4 rings (SSSR count). The molecule has 3 N–H and O–H groups in total. The Bertz CT molecular complexity index is 1490. The minimum atomic E-state index is -3.81. The number of aromatic nitrogens is 1. The Balaban J connectivity index is 1.74. The maximum absolute atomic E-state index is 13.3. The van der Waals surface area contributed by atoms with Gasteiger partial charge in [0.2, 0.25) is 10.0 Å². The average Bonchev–Trinajstić information content (AvgIpc) is 3.03. The summed E-state index contributed by atoms with van der Waals surface area (Å²) in [6.45, 7) is 3.69. The quantitative estimate of drug-likeness (QED) is 0.315. The Morgan fingerprint density at radius 3 is 2.32 bits per heavy atom. The molecule has 2 aromatic carbocycles. The molecule has 1 saturated heterocycles. The largest absolute Gasteiger partial charge is 0.318 e.